The second kappa shape index (κ2) is 7.76. The van der Waals surface area contributed by atoms with Crippen LogP contribution >= 0.6 is 0 Å². The molecule has 116 valence electrons. The van der Waals surface area contributed by atoms with Gasteiger partial charge in [0.25, 0.3) is 5.91 Å². The van der Waals surface area contributed by atoms with Crippen molar-refractivity contribution in [3.63, 3.8) is 0 Å². The monoisotopic (exact) mass is 297 g/mol. The molecule has 1 atom stereocenters. The number of carbonyl (C=O) groups is 1. The Hall–Kier alpha value is -2.13. The molecule has 0 spiro atoms. The Morgan fingerprint density at radius 3 is 2.23 bits per heavy atom. The third kappa shape index (κ3) is 3.95. The van der Waals surface area contributed by atoms with Gasteiger partial charge in [-0.05, 0) is 30.4 Å². The molecule has 0 aromatic heterocycles. The fourth-order valence-corrected chi connectivity index (χ4v) is 2.49. The topological polar surface area (TPSA) is 49.3 Å². The quantitative estimate of drug-likeness (QED) is 0.772. The lowest BCUT2D eigenvalue weighted by molar-refractivity contribution is -0.141. The van der Waals surface area contributed by atoms with Gasteiger partial charge >= 0.3 is 0 Å². The van der Waals surface area contributed by atoms with Gasteiger partial charge in [-0.25, -0.2) is 0 Å². The summed E-state index contributed by atoms with van der Waals surface area (Å²) in [5.74, 6) is -0.325. The molecule has 1 amide bonds. The van der Waals surface area contributed by atoms with Crippen molar-refractivity contribution in [3.05, 3.63) is 71.8 Å². The molecule has 3 nitrogen and oxygen atoms in total. The van der Waals surface area contributed by atoms with Gasteiger partial charge in [0.2, 0.25) is 0 Å². The van der Waals surface area contributed by atoms with Crippen molar-refractivity contribution < 1.29 is 9.90 Å². The van der Waals surface area contributed by atoms with E-state index >= 15 is 0 Å². The first-order chi connectivity index (χ1) is 10.7. The van der Waals surface area contributed by atoms with E-state index in [1.165, 1.54) is 5.56 Å². The molecule has 0 unspecified atom stereocenters. The van der Waals surface area contributed by atoms with E-state index in [2.05, 4.69) is 17.4 Å². The van der Waals surface area contributed by atoms with Crippen LogP contribution in [0.4, 0.5) is 0 Å². The summed E-state index contributed by atoms with van der Waals surface area (Å²) < 4.78 is 0. The largest absolute Gasteiger partial charge is 0.375 e. The maximum absolute atomic E-state index is 12.3. The lowest BCUT2D eigenvalue weighted by Crippen LogP contribution is -2.44. The molecular weight excluding hydrogens is 274 g/mol. The average Bonchev–Trinajstić information content (AvgIpc) is 2.59. The van der Waals surface area contributed by atoms with Crippen LogP contribution in [0.1, 0.15) is 30.9 Å². The Morgan fingerprint density at radius 2 is 1.64 bits per heavy atom. The summed E-state index contributed by atoms with van der Waals surface area (Å²) in [6.45, 7) is 2.37. The van der Waals surface area contributed by atoms with Gasteiger partial charge in [0.15, 0.2) is 5.60 Å². The van der Waals surface area contributed by atoms with Crippen molar-refractivity contribution in [3.8, 4) is 0 Å². The highest BCUT2D eigenvalue weighted by molar-refractivity contribution is 5.86. The molecular formula is C19H23NO2. The lowest BCUT2D eigenvalue weighted by Gasteiger charge is -2.26. The lowest BCUT2D eigenvalue weighted by atomic mass is 9.90. The van der Waals surface area contributed by atoms with Gasteiger partial charge in [0.05, 0.1) is 0 Å². The number of nitrogens with one attached hydrogen (secondary N) is 1. The normalized spacial score (nSPS) is 13.4. The van der Waals surface area contributed by atoms with Gasteiger partial charge < -0.3 is 10.4 Å². The van der Waals surface area contributed by atoms with Crippen LogP contribution in [0.5, 0.6) is 0 Å². The number of benzene rings is 2. The first-order valence-corrected chi connectivity index (χ1v) is 7.77. The summed E-state index contributed by atoms with van der Waals surface area (Å²) in [5, 5.41) is 13.5. The van der Waals surface area contributed by atoms with Gasteiger partial charge in [-0.3, -0.25) is 4.79 Å². The number of carbonyl (C=O) groups excluding carboxylic acids is 1. The smallest absolute Gasteiger partial charge is 0.256 e. The van der Waals surface area contributed by atoms with Crippen LogP contribution in [0.3, 0.4) is 0 Å². The first kappa shape index (κ1) is 16.2. The maximum Gasteiger partial charge on any atom is 0.256 e. The van der Waals surface area contributed by atoms with Crippen LogP contribution in [-0.2, 0) is 16.8 Å². The molecule has 0 bridgehead atoms. The van der Waals surface area contributed by atoms with Gasteiger partial charge in [-0.2, -0.15) is 0 Å². The molecule has 0 radical (unpaired) electrons. The summed E-state index contributed by atoms with van der Waals surface area (Å²) in [6, 6.07) is 19.3. The van der Waals surface area contributed by atoms with Crippen LogP contribution in [0.25, 0.3) is 0 Å². The number of rotatable bonds is 7. The SMILES string of the molecule is CC[C@](O)(C(=O)NCCCc1ccccc1)c1ccccc1. The Labute approximate surface area is 132 Å². The van der Waals surface area contributed by atoms with Gasteiger partial charge in [0, 0.05) is 6.54 Å². The Kier molecular flexibility index (Phi) is 5.73. The molecule has 22 heavy (non-hydrogen) atoms. The second-order valence-corrected chi connectivity index (χ2v) is 5.42. The zero-order valence-electron chi connectivity index (χ0n) is 13.0. The fourth-order valence-electron chi connectivity index (χ4n) is 2.49. The zero-order chi connectivity index (χ0) is 15.8. The van der Waals surface area contributed by atoms with E-state index in [1.54, 1.807) is 12.1 Å². The van der Waals surface area contributed by atoms with E-state index in [1.807, 2.05) is 43.3 Å². The van der Waals surface area contributed by atoms with Crippen LogP contribution in [0.15, 0.2) is 60.7 Å². The van der Waals surface area contributed by atoms with Crippen molar-refractivity contribution in [2.75, 3.05) is 6.54 Å². The molecule has 0 aliphatic carbocycles. The summed E-state index contributed by atoms with van der Waals surface area (Å²) in [5.41, 5.74) is 0.442. The molecule has 0 fully saturated rings. The van der Waals surface area contributed by atoms with E-state index in [4.69, 9.17) is 0 Å². The highest BCUT2D eigenvalue weighted by Crippen LogP contribution is 2.24. The average molecular weight is 297 g/mol. The predicted octanol–water partition coefficient (Wildman–Crippen LogP) is 3.03. The van der Waals surface area contributed by atoms with Crippen molar-refractivity contribution in [2.45, 2.75) is 31.8 Å². The third-order valence-electron chi connectivity index (χ3n) is 3.91. The highest BCUT2D eigenvalue weighted by Gasteiger charge is 2.35. The molecule has 2 aromatic carbocycles. The standard InChI is InChI=1S/C19H23NO2/c1-2-19(22,17-13-7-4-8-14-17)18(21)20-15-9-12-16-10-5-3-6-11-16/h3-8,10-11,13-14,22H,2,9,12,15H2,1H3,(H,20,21)/t19-/m1/s1. The summed E-state index contributed by atoms with van der Waals surface area (Å²) in [6.07, 6.45) is 2.11. The molecule has 0 heterocycles. The van der Waals surface area contributed by atoms with E-state index in [0.29, 0.717) is 18.5 Å². The minimum Gasteiger partial charge on any atom is -0.375 e. The number of aryl methyl sites for hydroxylation is 1. The first-order valence-electron chi connectivity index (χ1n) is 7.77. The molecule has 0 saturated carbocycles. The van der Waals surface area contributed by atoms with Crippen LogP contribution in [-0.4, -0.2) is 17.6 Å². The Morgan fingerprint density at radius 1 is 1.05 bits per heavy atom. The van der Waals surface area contributed by atoms with Gasteiger partial charge in [-0.1, -0.05) is 67.6 Å². The third-order valence-corrected chi connectivity index (χ3v) is 3.91. The van der Waals surface area contributed by atoms with Crippen LogP contribution in [0, 0.1) is 0 Å². The molecule has 0 aliphatic rings. The fraction of sp³-hybridized carbons (Fsp3) is 0.316. The second-order valence-electron chi connectivity index (χ2n) is 5.42. The summed E-state index contributed by atoms with van der Waals surface area (Å²) in [4.78, 5) is 12.3. The predicted molar refractivity (Wildman–Crippen MR) is 88.4 cm³/mol. The van der Waals surface area contributed by atoms with E-state index in [9.17, 15) is 9.90 Å². The molecule has 2 aromatic rings. The van der Waals surface area contributed by atoms with Crippen LogP contribution in [0.2, 0.25) is 0 Å². The number of aliphatic hydroxyl groups is 1. The molecule has 3 heteroatoms. The Balaban J connectivity index is 1.88. The Bertz CT molecular complexity index is 583. The molecule has 2 rings (SSSR count). The number of hydrogen-bond acceptors (Lipinski definition) is 2. The minimum absolute atomic E-state index is 0.325. The molecule has 2 N–H and O–H groups in total. The van der Waals surface area contributed by atoms with E-state index in [0.717, 1.165) is 12.8 Å². The van der Waals surface area contributed by atoms with Crippen molar-refractivity contribution >= 4 is 5.91 Å². The van der Waals surface area contributed by atoms with Crippen LogP contribution < -0.4 is 5.32 Å². The van der Waals surface area contributed by atoms with Crippen molar-refractivity contribution in [1.29, 1.82) is 0 Å². The molecule has 0 saturated heterocycles. The zero-order valence-corrected chi connectivity index (χ0v) is 13.0. The van der Waals surface area contributed by atoms with Gasteiger partial charge in [-0.15, -0.1) is 0 Å². The summed E-state index contributed by atoms with van der Waals surface area (Å²) >= 11 is 0. The minimum atomic E-state index is -1.45. The van der Waals surface area contributed by atoms with E-state index < -0.39 is 5.60 Å². The highest BCUT2D eigenvalue weighted by atomic mass is 16.3. The van der Waals surface area contributed by atoms with Gasteiger partial charge in [0.1, 0.15) is 0 Å². The van der Waals surface area contributed by atoms with E-state index in [-0.39, 0.29) is 5.91 Å². The number of hydrogen-bond donors (Lipinski definition) is 2. The van der Waals surface area contributed by atoms with Crippen molar-refractivity contribution in [2.24, 2.45) is 0 Å². The number of amides is 1. The van der Waals surface area contributed by atoms with Crippen molar-refractivity contribution in [1.82, 2.24) is 5.32 Å². The maximum atomic E-state index is 12.3. The summed E-state index contributed by atoms with van der Waals surface area (Å²) in [7, 11) is 0. The molecule has 0 aliphatic heterocycles.